The van der Waals surface area contributed by atoms with E-state index in [1.54, 1.807) is 18.5 Å². The lowest BCUT2D eigenvalue weighted by Crippen LogP contribution is -2.21. The molecule has 15 heavy (non-hydrogen) atoms. The molecule has 0 radical (unpaired) electrons. The Kier molecular flexibility index (Phi) is 3.21. The standard InChI is InChI=1S/C12H18N2O/c13-11-5-6-14-8-10(11)7-12(15)9-3-1-2-4-9/h5-6,8-9,12,15H,1-4,7H2,(H2,13,14). The maximum absolute atomic E-state index is 10.0. The van der Waals surface area contributed by atoms with E-state index in [0.29, 0.717) is 12.3 Å². The van der Waals surface area contributed by atoms with E-state index in [1.165, 1.54) is 12.8 Å². The lowest BCUT2D eigenvalue weighted by atomic mass is 9.95. The summed E-state index contributed by atoms with van der Waals surface area (Å²) in [5, 5.41) is 10.0. The first kappa shape index (κ1) is 10.4. The zero-order valence-corrected chi connectivity index (χ0v) is 8.89. The van der Waals surface area contributed by atoms with E-state index in [9.17, 15) is 5.11 Å². The van der Waals surface area contributed by atoms with Crippen LogP contribution in [0.4, 0.5) is 5.69 Å². The number of aliphatic hydroxyl groups is 1. The highest BCUT2D eigenvalue weighted by Gasteiger charge is 2.23. The van der Waals surface area contributed by atoms with Crippen molar-refractivity contribution in [2.75, 3.05) is 5.73 Å². The van der Waals surface area contributed by atoms with Gasteiger partial charge in [-0.25, -0.2) is 0 Å². The Bertz CT molecular complexity index is 321. The largest absolute Gasteiger partial charge is 0.398 e. The van der Waals surface area contributed by atoms with Crippen LogP contribution in [0.2, 0.25) is 0 Å². The summed E-state index contributed by atoms with van der Waals surface area (Å²) in [7, 11) is 0. The van der Waals surface area contributed by atoms with Crippen molar-refractivity contribution in [2.24, 2.45) is 5.92 Å². The van der Waals surface area contributed by atoms with E-state index in [1.807, 2.05) is 0 Å². The summed E-state index contributed by atoms with van der Waals surface area (Å²) < 4.78 is 0. The van der Waals surface area contributed by atoms with Crippen LogP contribution in [-0.2, 0) is 6.42 Å². The quantitative estimate of drug-likeness (QED) is 0.792. The van der Waals surface area contributed by atoms with Crippen molar-refractivity contribution in [1.29, 1.82) is 0 Å². The molecule has 1 heterocycles. The average molecular weight is 206 g/mol. The van der Waals surface area contributed by atoms with Gasteiger partial charge in [-0.2, -0.15) is 0 Å². The van der Waals surface area contributed by atoms with Crippen LogP contribution in [0, 0.1) is 5.92 Å². The Morgan fingerprint density at radius 1 is 1.47 bits per heavy atom. The molecular formula is C12H18N2O. The van der Waals surface area contributed by atoms with Crippen LogP contribution in [0.25, 0.3) is 0 Å². The minimum absolute atomic E-state index is 0.251. The molecule has 2 rings (SSSR count). The number of hydrogen-bond donors (Lipinski definition) is 2. The van der Waals surface area contributed by atoms with Gasteiger partial charge >= 0.3 is 0 Å². The molecule has 3 heteroatoms. The van der Waals surface area contributed by atoms with Crippen LogP contribution in [-0.4, -0.2) is 16.2 Å². The molecule has 0 aliphatic heterocycles. The predicted molar refractivity (Wildman–Crippen MR) is 60.3 cm³/mol. The number of aliphatic hydroxyl groups excluding tert-OH is 1. The van der Waals surface area contributed by atoms with E-state index in [-0.39, 0.29) is 6.10 Å². The first-order valence-corrected chi connectivity index (χ1v) is 5.64. The average Bonchev–Trinajstić information content (AvgIpc) is 2.74. The molecule has 0 spiro atoms. The highest BCUT2D eigenvalue weighted by molar-refractivity contribution is 5.44. The van der Waals surface area contributed by atoms with Gasteiger partial charge in [0, 0.05) is 24.5 Å². The van der Waals surface area contributed by atoms with Crippen molar-refractivity contribution < 1.29 is 5.11 Å². The number of pyridine rings is 1. The number of anilines is 1. The van der Waals surface area contributed by atoms with E-state index in [2.05, 4.69) is 4.98 Å². The Morgan fingerprint density at radius 3 is 2.87 bits per heavy atom. The highest BCUT2D eigenvalue weighted by atomic mass is 16.3. The first-order valence-electron chi connectivity index (χ1n) is 5.64. The Labute approximate surface area is 90.3 Å². The molecule has 1 unspecified atom stereocenters. The minimum Gasteiger partial charge on any atom is -0.398 e. The Hall–Kier alpha value is -1.09. The predicted octanol–water partition coefficient (Wildman–Crippen LogP) is 1.76. The molecule has 1 fully saturated rings. The molecule has 3 nitrogen and oxygen atoms in total. The fraction of sp³-hybridized carbons (Fsp3) is 0.583. The summed E-state index contributed by atoms with van der Waals surface area (Å²) in [6, 6.07) is 1.79. The molecule has 82 valence electrons. The maximum atomic E-state index is 10.0. The van der Waals surface area contributed by atoms with E-state index in [4.69, 9.17) is 5.73 Å². The summed E-state index contributed by atoms with van der Waals surface area (Å²) >= 11 is 0. The van der Waals surface area contributed by atoms with Gasteiger partial charge in [0.1, 0.15) is 0 Å². The molecular weight excluding hydrogens is 188 g/mol. The second kappa shape index (κ2) is 4.62. The second-order valence-electron chi connectivity index (χ2n) is 4.39. The number of aromatic nitrogens is 1. The Balaban J connectivity index is 1.99. The summed E-state index contributed by atoms with van der Waals surface area (Å²) in [5.41, 5.74) is 7.52. The third-order valence-electron chi connectivity index (χ3n) is 3.31. The zero-order chi connectivity index (χ0) is 10.7. The highest BCUT2D eigenvalue weighted by Crippen LogP contribution is 2.29. The monoisotopic (exact) mass is 206 g/mol. The van der Waals surface area contributed by atoms with Gasteiger partial charge in [-0.15, -0.1) is 0 Å². The number of nitrogens with two attached hydrogens (primary N) is 1. The van der Waals surface area contributed by atoms with Crippen molar-refractivity contribution in [3.63, 3.8) is 0 Å². The van der Waals surface area contributed by atoms with Crippen molar-refractivity contribution in [3.8, 4) is 0 Å². The molecule has 1 saturated carbocycles. The summed E-state index contributed by atoms with van der Waals surface area (Å²) in [5.74, 6) is 0.463. The molecule has 3 N–H and O–H groups in total. The zero-order valence-electron chi connectivity index (χ0n) is 8.89. The van der Waals surface area contributed by atoms with Gasteiger partial charge in [-0.3, -0.25) is 4.98 Å². The summed E-state index contributed by atoms with van der Waals surface area (Å²) in [4.78, 5) is 4.03. The van der Waals surface area contributed by atoms with Crippen LogP contribution >= 0.6 is 0 Å². The minimum atomic E-state index is -0.251. The molecule has 1 atom stereocenters. The molecule has 0 bridgehead atoms. The SMILES string of the molecule is Nc1ccncc1CC(O)C1CCCC1. The molecule has 0 amide bonds. The smallest absolute Gasteiger partial charge is 0.0610 e. The lowest BCUT2D eigenvalue weighted by Gasteiger charge is -2.18. The summed E-state index contributed by atoms with van der Waals surface area (Å²) in [6.45, 7) is 0. The fourth-order valence-corrected chi connectivity index (χ4v) is 2.34. The van der Waals surface area contributed by atoms with Crippen LogP contribution in [0.5, 0.6) is 0 Å². The van der Waals surface area contributed by atoms with Gasteiger partial charge in [0.2, 0.25) is 0 Å². The number of rotatable bonds is 3. The number of hydrogen-bond acceptors (Lipinski definition) is 3. The van der Waals surface area contributed by atoms with Gasteiger partial charge < -0.3 is 10.8 Å². The second-order valence-corrected chi connectivity index (χ2v) is 4.39. The van der Waals surface area contributed by atoms with Crippen molar-refractivity contribution in [3.05, 3.63) is 24.0 Å². The Morgan fingerprint density at radius 2 is 2.20 bits per heavy atom. The number of nitrogen functional groups attached to an aromatic ring is 1. The van der Waals surface area contributed by atoms with Crippen LogP contribution in [0.3, 0.4) is 0 Å². The molecule has 1 aromatic heterocycles. The van der Waals surface area contributed by atoms with Crippen molar-refractivity contribution in [1.82, 2.24) is 4.98 Å². The third kappa shape index (κ3) is 2.48. The summed E-state index contributed by atoms with van der Waals surface area (Å²) in [6.07, 6.45) is 8.65. The first-order chi connectivity index (χ1) is 7.27. The number of nitrogens with zero attached hydrogens (tertiary/aromatic N) is 1. The van der Waals surface area contributed by atoms with E-state index >= 15 is 0 Å². The molecule has 0 saturated heterocycles. The normalized spacial score (nSPS) is 19.3. The molecule has 1 aromatic rings. The van der Waals surface area contributed by atoms with Gasteiger partial charge in [0.15, 0.2) is 0 Å². The van der Waals surface area contributed by atoms with Gasteiger partial charge in [0.05, 0.1) is 6.10 Å². The van der Waals surface area contributed by atoms with Gasteiger partial charge in [-0.1, -0.05) is 12.8 Å². The molecule has 1 aliphatic carbocycles. The van der Waals surface area contributed by atoms with Crippen LogP contribution in [0.15, 0.2) is 18.5 Å². The van der Waals surface area contributed by atoms with Crippen molar-refractivity contribution in [2.45, 2.75) is 38.2 Å². The van der Waals surface area contributed by atoms with Gasteiger partial charge in [-0.05, 0) is 30.4 Å². The molecule has 0 aromatic carbocycles. The van der Waals surface area contributed by atoms with E-state index in [0.717, 1.165) is 24.1 Å². The van der Waals surface area contributed by atoms with Crippen LogP contribution < -0.4 is 5.73 Å². The fourth-order valence-electron chi connectivity index (χ4n) is 2.34. The lowest BCUT2D eigenvalue weighted by molar-refractivity contribution is 0.111. The van der Waals surface area contributed by atoms with Crippen molar-refractivity contribution >= 4 is 5.69 Å². The maximum Gasteiger partial charge on any atom is 0.0610 e. The molecule has 1 aliphatic rings. The topological polar surface area (TPSA) is 59.1 Å². The van der Waals surface area contributed by atoms with Crippen LogP contribution in [0.1, 0.15) is 31.2 Å². The van der Waals surface area contributed by atoms with E-state index < -0.39 is 0 Å². The third-order valence-corrected chi connectivity index (χ3v) is 3.31. The van der Waals surface area contributed by atoms with Gasteiger partial charge in [0.25, 0.3) is 0 Å².